The number of likely N-dealkylation sites (N-methyl/N-ethyl adjacent to an activating group) is 1. The van der Waals surface area contributed by atoms with E-state index in [4.69, 9.17) is 4.74 Å². The molecule has 1 saturated heterocycles. The fourth-order valence-electron chi connectivity index (χ4n) is 4.10. The summed E-state index contributed by atoms with van der Waals surface area (Å²) in [4.78, 5) is 11.9. The third-order valence-corrected chi connectivity index (χ3v) is 5.92. The molecule has 1 aliphatic heterocycles. The molecule has 1 rings (SSSR count). The van der Waals surface area contributed by atoms with Gasteiger partial charge in [-0.2, -0.15) is 0 Å². The summed E-state index contributed by atoms with van der Waals surface area (Å²) in [6.07, 6.45) is 21.5. The van der Waals surface area contributed by atoms with E-state index in [2.05, 4.69) is 14.0 Å². The Balaban J connectivity index is 1.76. The molecule has 0 unspecified atom stereocenters. The molecule has 154 valence electrons. The van der Waals surface area contributed by atoms with Crippen molar-refractivity contribution < 1.29 is 14.0 Å². The van der Waals surface area contributed by atoms with E-state index >= 15 is 0 Å². The van der Waals surface area contributed by atoms with Gasteiger partial charge in [-0.1, -0.05) is 90.4 Å². The van der Waals surface area contributed by atoms with E-state index in [0.717, 1.165) is 24.0 Å². The second-order valence-corrected chi connectivity index (χ2v) is 8.75. The maximum Gasteiger partial charge on any atom is 0.361 e. The predicted molar refractivity (Wildman–Crippen MR) is 111 cm³/mol. The normalized spacial score (nSPS) is 16.1. The second-order valence-electron chi connectivity index (χ2n) is 8.75. The third kappa shape index (κ3) is 12.7. The van der Waals surface area contributed by atoms with E-state index in [1.165, 1.54) is 96.3 Å². The molecule has 3 heteroatoms. The standard InChI is InChI=1S/C23H46NO2/c1-3-4-5-6-7-8-9-10-11-12-13-14-15-18-21-26-23(25)22-24(2)19-16-17-20-24/h3-22H2,1-2H3/q+1. The van der Waals surface area contributed by atoms with Crippen molar-refractivity contribution in [3.05, 3.63) is 0 Å². The van der Waals surface area contributed by atoms with Gasteiger partial charge in [0.2, 0.25) is 0 Å². The molecule has 0 atom stereocenters. The molecule has 0 aliphatic carbocycles. The van der Waals surface area contributed by atoms with Crippen LogP contribution in [0.2, 0.25) is 0 Å². The zero-order valence-corrected chi connectivity index (χ0v) is 17.9. The Morgan fingerprint density at radius 3 is 1.62 bits per heavy atom. The van der Waals surface area contributed by atoms with Crippen LogP contribution in [0.25, 0.3) is 0 Å². The first-order valence-corrected chi connectivity index (χ1v) is 11.7. The highest BCUT2D eigenvalue weighted by molar-refractivity contribution is 5.70. The lowest BCUT2D eigenvalue weighted by Crippen LogP contribution is -2.45. The highest BCUT2D eigenvalue weighted by atomic mass is 16.5. The van der Waals surface area contributed by atoms with Gasteiger partial charge in [0, 0.05) is 12.8 Å². The van der Waals surface area contributed by atoms with Gasteiger partial charge in [0.1, 0.15) is 0 Å². The fraction of sp³-hybridized carbons (Fsp3) is 0.957. The van der Waals surface area contributed by atoms with E-state index in [1.54, 1.807) is 0 Å². The van der Waals surface area contributed by atoms with E-state index in [9.17, 15) is 4.79 Å². The van der Waals surface area contributed by atoms with Gasteiger partial charge in [0.15, 0.2) is 6.54 Å². The van der Waals surface area contributed by atoms with Gasteiger partial charge in [0.25, 0.3) is 0 Å². The zero-order valence-electron chi connectivity index (χ0n) is 17.9. The molecule has 0 aromatic carbocycles. The summed E-state index contributed by atoms with van der Waals surface area (Å²) in [5.74, 6) is 0.00379. The van der Waals surface area contributed by atoms with Crippen molar-refractivity contribution in [3.63, 3.8) is 0 Å². The number of esters is 1. The molecule has 0 spiro atoms. The summed E-state index contributed by atoms with van der Waals surface area (Å²) >= 11 is 0. The Bertz CT molecular complexity index is 337. The Labute approximate surface area is 163 Å². The Morgan fingerprint density at radius 1 is 0.731 bits per heavy atom. The van der Waals surface area contributed by atoms with Gasteiger partial charge in [-0.3, -0.25) is 0 Å². The lowest BCUT2D eigenvalue weighted by molar-refractivity contribution is -0.890. The fourth-order valence-corrected chi connectivity index (χ4v) is 4.10. The van der Waals surface area contributed by atoms with Crippen molar-refractivity contribution in [2.24, 2.45) is 0 Å². The molecular formula is C23H46NO2+. The van der Waals surface area contributed by atoms with Crippen molar-refractivity contribution in [1.82, 2.24) is 0 Å². The number of nitrogens with zero attached hydrogens (tertiary/aromatic N) is 1. The van der Waals surface area contributed by atoms with Crippen molar-refractivity contribution in [2.75, 3.05) is 33.3 Å². The molecule has 0 N–H and O–H groups in total. The van der Waals surface area contributed by atoms with E-state index in [1.807, 2.05) is 0 Å². The average Bonchev–Trinajstić information content (AvgIpc) is 3.04. The first-order valence-electron chi connectivity index (χ1n) is 11.7. The number of hydrogen-bond acceptors (Lipinski definition) is 2. The number of ether oxygens (including phenoxy) is 1. The number of unbranched alkanes of at least 4 members (excludes halogenated alkanes) is 13. The molecular weight excluding hydrogens is 322 g/mol. The van der Waals surface area contributed by atoms with E-state index in [0.29, 0.717) is 13.2 Å². The molecule has 1 fully saturated rings. The van der Waals surface area contributed by atoms with Crippen LogP contribution in [0.15, 0.2) is 0 Å². The third-order valence-electron chi connectivity index (χ3n) is 5.92. The summed E-state index contributed by atoms with van der Waals surface area (Å²) in [7, 11) is 2.18. The number of carbonyl (C=O) groups excluding carboxylic acids is 1. The van der Waals surface area contributed by atoms with Crippen LogP contribution in [0.1, 0.15) is 110 Å². The van der Waals surface area contributed by atoms with Crippen LogP contribution in [0.5, 0.6) is 0 Å². The molecule has 0 amide bonds. The highest BCUT2D eigenvalue weighted by Crippen LogP contribution is 2.16. The van der Waals surface area contributed by atoms with Crippen LogP contribution in [0.4, 0.5) is 0 Å². The molecule has 1 aliphatic rings. The Morgan fingerprint density at radius 2 is 1.15 bits per heavy atom. The molecule has 1 heterocycles. The van der Waals surface area contributed by atoms with E-state index in [-0.39, 0.29) is 5.97 Å². The van der Waals surface area contributed by atoms with Crippen LogP contribution in [0.3, 0.4) is 0 Å². The van der Waals surface area contributed by atoms with E-state index < -0.39 is 0 Å². The van der Waals surface area contributed by atoms with Crippen molar-refractivity contribution in [1.29, 1.82) is 0 Å². The number of rotatable bonds is 17. The summed E-state index contributed by atoms with van der Waals surface area (Å²) in [5.41, 5.74) is 0. The average molecular weight is 369 g/mol. The van der Waals surface area contributed by atoms with Crippen molar-refractivity contribution in [3.8, 4) is 0 Å². The summed E-state index contributed by atoms with van der Waals surface area (Å²) < 4.78 is 6.31. The van der Waals surface area contributed by atoms with Gasteiger partial charge >= 0.3 is 5.97 Å². The number of quaternary nitrogens is 1. The van der Waals surface area contributed by atoms with Crippen LogP contribution in [0, 0.1) is 0 Å². The molecule has 3 nitrogen and oxygen atoms in total. The van der Waals surface area contributed by atoms with Crippen LogP contribution >= 0.6 is 0 Å². The zero-order chi connectivity index (χ0) is 18.9. The molecule has 0 aromatic rings. The SMILES string of the molecule is CCCCCCCCCCCCCCCCOC(=O)C[N+]1(C)CCCC1. The van der Waals surface area contributed by atoms with Crippen LogP contribution in [-0.2, 0) is 9.53 Å². The minimum Gasteiger partial charge on any atom is -0.462 e. The number of likely N-dealkylation sites (tertiary alicyclic amines) is 1. The smallest absolute Gasteiger partial charge is 0.361 e. The van der Waals surface area contributed by atoms with Gasteiger partial charge in [0.05, 0.1) is 26.7 Å². The predicted octanol–water partition coefficient (Wildman–Crippen LogP) is 6.25. The molecule has 0 radical (unpaired) electrons. The quantitative estimate of drug-likeness (QED) is 0.172. The topological polar surface area (TPSA) is 26.3 Å². The molecule has 0 saturated carbocycles. The Hall–Kier alpha value is -0.570. The number of carbonyl (C=O) groups is 1. The van der Waals surface area contributed by atoms with Crippen molar-refractivity contribution in [2.45, 2.75) is 110 Å². The van der Waals surface area contributed by atoms with Crippen molar-refractivity contribution >= 4 is 5.97 Å². The first-order chi connectivity index (χ1) is 12.7. The largest absolute Gasteiger partial charge is 0.462 e. The summed E-state index contributed by atoms with van der Waals surface area (Å²) in [6, 6.07) is 0. The lowest BCUT2D eigenvalue weighted by atomic mass is 10.0. The monoisotopic (exact) mass is 368 g/mol. The highest BCUT2D eigenvalue weighted by Gasteiger charge is 2.30. The Kier molecular flexibility index (Phi) is 14.0. The van der Waals surface area contributed by atoms with Gasteiger partial charge in [-0.05, 0) is 6.42 Å². The molecule has 0 aromatic heterocycles. The summed E-state index contributed by atoms with van der Waals surface area (Å²) in [5, 5.41) is 0. The van der Waals surface area contributed by atoms with Gasteiger partial charge < -0.3 is 9.22 Å². The van der Waals surface area contributed by atoms with Gasteiger partial charge in [-0.25, -0.2) is 4.79 Å². The van der Waals surface area contributed by atoms with Crippen LogP contribution < -0.4 is 0 Å². The molecule has 26 heavy (non-hydrogen) atoms. The lowest BCUT2D eigenvalue weighted by Gasteiger charge is -2.27. The molecule has 0 bridgehead atoms. The number of hydrogen-bond donors (Lipinski definition) is 0. The maximum atomic E-state index is 11.9. The minimum absolute atomic E-state index is 0.00379. The van der Waals surface area contributed by atoms with Crippen LogP contribution in [-0.4, -0.2) is 43.7 Å². The van der Waals surface area contributed by atoms with Gasteiger partial charge in [-0.15, -0.1) is 0 Å². The first kappa shape index (κ1) is 23.5. The summed E-state index contributed by atoms with van der Waals surface area (Å²) in [6.45, 7) is 5.74. The maximum absolute atomic E-state index is 11.9. The minimum atomic E-state index is 0.00379. The second kappa shape index (κ2) is 15.5.